The molecule has 3 aromatic rings. The second-order valence-corrected chi connectivity index (χ2v) is 7.49. The first-order chi connectivity index (χ1) is 13.1. The van der Waals surface area contributed by atoms with Gasteiger partial charge in [-0.3, -0.25) is 9.36 Å². The fourth-order valence-corrected chi connectivity index (χ4v) is 4.28. The van der Waals surface area contributed by atoms with E-state index in [4.69, 9.17) is 4.98 Å². The predicted molar refractivity (Wildman–Crippen MR) is 117 cm³/mol. The van der Waals surface area contributed by atoms with Crippen LogP contribution in [-0.2, 0) is 6.54 Å². The zero-order chi connectivity index (χ0) is 20.0. The van der Waals surface area contributed by atoms with Crippen molar-refractivity contribution < 1.29 is 0 Å². The van der Waals surface area contributed by atoms with Gasteiger partial charge in [-0.1, -0.05) is 39.0 Å². The van der Waals surface area contributed by atoms with Gasteiger partial charge in [0.15, 0.2) is 0 Å². The lowest BCUT2D eigenvalue weighted by atomic mass is 10.1. The predicted octanol–water partition coefficient (Wildman–Crippen LogP) is 5.01. The summed E-state index contributed by atoms with van der Waals surface area (Å²) >= 11 is 4.86. The lowest BCUT2D eigenvalue weighted by Crippen LogP contribution is -2.31. The van der Waals surface area contributed by atoms with E-state index < -0.39 is 0 Å². The van der Waals surface area contributed by atoms with Crippen LogP contribution in [0.15, 0.2) is 38.9 Å². The van der Waals surface area contributed by atoms with Crippen molar-refractivity contribution in [3.63, 3.8) is 0 Å². The minimum Gasteiger partial charge on any atom is -0.345 e. The van der Waals surface area contributed by atoms with Gasteiger partial charge in [-0.15, -0.1) is 11.3 Å². The molecule has 3 rings (SSSR count). The zero-order valence-electron chi connectivity index (χ0n) is 16.0. The minimum absolute atomic E-state index is 0.0774. The number of benzene rings is 1. The van der Waals surface area contributed by atoms with Crippen LogP contribution >= 0.6 is 27.3 Å². The summed E-state index contributed by atoms with van der Waals surface area (Å²) in [6.45, 7) is 7.20. The smallest absolute Gasteiger partial charge is 0.273 e. The molecule has 0 aliphatic heterocycles. The fraction of sp³-hybridized carbons (Fsp3) is 0.350. The Kier molecular flexibility index (Phi) is 7.57. The molecule has 0 unspecified atom stereocenters. The monoisotopic (exact) mass is 446 g/mol. The largest absolute Gasteiger partial charge is 0.345 e. The molecule has 0 aliphatic rings. The third-order valence-electron chi connectivity index (χ3n) is 3.98. The summed E-state index contributed by atoms with van der Waals surface area (Å²) in [5, 5.41) is 11.2. The Morgan fingerprint density at radius 1 is 1.33 bits per heavy atom. The number of fused-ring (bicyclic) bond motifs is 1. The van der Waals surface area contributed by atoms with Crippen molar-refractivity contribution in [2.45, 2.75) is 33.7 Å². The van der Waals surface area contributed by atoms with E-state index in [1.165, 1.54) is 11.3 Å². The molecule has 2 aromatic heterocycles. The van der Waals surface area contributed by atoms with Crippen LogP contribution < -0.4 is 10.5 Å². The Morgan fingerprint density at radius 2 is 2.04 bits per heavy atom. The van der Waals surface area contributed by atoms with Crippen molar-refractivity contribution in [2.24, 2.45) is 0 Å². The molecule has 0 N–H and O–H groups in total. The van der Waals surface area contributed by atoms with Crippen LogP contribution in [0.5, 0.6) is 0 Å². The number of nitrogens with zero attached hydrogens (tertiary/aromatic N) is 4. The SMILES string of the molecule is CC.CCCN(C)c1nc2c(Br)csc2c(=O)n1Cc1ccccc1C#N. The molecule has 0 atom stereocenters. The van der Waals surface area contributed by atoms with Gasteiger partial charge in [0, 0.05) is 19.0 Å². The van der Waals surface area contributed by atoms with Crippen molar-refractivity contribution >= 4 is 43.4 Å². The second-order valence-electron chi connectivity index (χ2n) is 5.75. The lowest BCUT2D eigenvalue weighted by Gasteiger charge is -2.22. The molecule has 27 heavy (non-hydrogen) atoms. The summed E-state index contributed by atoms with van der Waals surface area (Å²) in [7, 11) is 1.93. The molecular weight excluding hydrogens is 424 g/mol. The minimum atomic E-state index is -0.0774. The van der Waals surface area contributed by atoms with E-state index in [2.05, 4.69) is 28.9 Å². The van der Waals surface area contributed by atoms with E-state index in [1.54, 1.807) is 10.6 Å². The maximum Gasteiger partial charge on any atom is 0.273 e. The van der Waals surface area contributed by atoms with Gasteiger partial charge in [0.2, 0.25) is 5.95 Å². The summed E-state index contributed by atoms with van der Waals surface area (Å²) in [6.07, 6.45) is 0.948. The highest BCUT2D eigenvalue weighted by atomic mass is 79.9. The highest BCUT2D eigenvalue weighted by Gasteiger charge is 2.18. The fourth-order valence-electron chi connectivity index (χ4n) is 2.77. The summed E-state index contributed by atoms with van der Waals surface area (Å²) in [4.78, 5) is 19.8. The van der Waals surface area contributed by atoms with Crippen LogP contribution in [-0.4, -0.2) is 23.1 Å². The Hall–Kier alpha value is -2.17. The van der Waals surface area contributed by atoms with Gasteiger partial charge in [0.1, 0.15) is 10.2 Å². The third-order valence-corrected chi connectivity index (χ3v) is 5.85. The zero-order valence-corrected chi connectivity index (χ0v) is 18.4. The average Bonchev–Trinajstić information content (AvgIpc) is 3.07. The molecule has 0 fully saturated rings. The van der Waals surface area contributed by atoms with Crippen molar-refractivity contribution in [1.82, 2.24) is 9.55 Å². The number of halogens is 1. The van der Waals surface area contributed by atoms with E-state index in [-0.39, 0.29) is 5.56 Å². The molecule has 0 spiro atoms. The summed E-state index contributed by atoms with van der Waals surface area (Å²) < 4.78 is 3.12. The Labute approximate surface area is 172 Å². The second kappa shape index (κ2) is 9.67. The molecule has 142 valence electrons. The van der Waals surface area contributed by atoms with Crippen LogP contribution in [0.2, 0.25) is 0 Å². The summed E-state index contributed by atoms with van der Waals surface area (Å²) in [5.41, 5.74) is 2.00. The van der Waals surface area contributed by atoms with Crippen molar-refractivity contribution in [2.75, 3.05) is 18.5 Å². The molecule has 0 bridgehead atoms. The number of thiophene rings is 1. The normalized spacial score (nSPS) is 10.2. The number of aromatic nitrogens is 2. The van der Waals surface area contributed by atoms with E-state index in [0.717, 1.165) is 23.0 Å². The molecule has 0 saturated heterocycles. The molecule has 7 heteroatoms. The van der Waals surface area contributed by atoms with Crippen LogP contribution in [0.4, 0.5) is 5.95 Å². The molecule has 5 nitrogen and oxygen atoms in total. The maximum absolute atomic E-state index is 13.1. The van der Waals surface area contributed by atoms with Gasteiger partial charge >= 0.3 is 0 Å². The van der Waals surface area contributed by atoms with Crippen LogP contribution in [0.1, 0.15) is 38.3 Å². The summed E-state index contributed by atoms with van der Waals surface area (Å²) in [5.74, 6) is 0.617. The Balaban J connectivity index is 0.00000126. The van der Waals surface area contributed by atoms with Gasteiger partial charge < -0.3 is 4.90 Å². The maximum atomic E-state index is 13.1. The quantitative estimate of drug-likeness (QED) is 0.552. The van der Waals surface area contributed by atoms with Gasteiger partial charge in [-0.25, -0.2) is 4.98 Å². The van der Waals surface area contributed by atoms with E-state index in [9.17, 15) is 10.1 Å². The van der Waals surface area contributed by atoms with Gasteiger partial charge in [-0.05, 0) is 34.0 Å². The molecule has 0 aliphatic carbocycles. The van der Waals surface area contributed by atoms with Crippen LogP contribution in [0.25, 0.3) is 10.2 Å². The van der Waals surface area contributed by atoms with Crippen LogP contribution in [0.3, 0.4) is 0 Å². The number of rotatable bonds is 5. The van der Waals surface area contributed by atoms with Crippen molar-refractivity contribution in [3.05, 3.63) is 55.6 Å². The van der Waals surface area contributed by atoms with E-state index in [1.807, 2.05) is 49.4 Å². The molecule has 1 aromatic carbocycles. The molecular formula is C20H23BrN4OS. The average molecular weight is 447 g/mol. The van der Waals surface area contributed by atoms with E-state index in [0.29, 0.717) is 28.3 Å². The number of anilines is 1. The molecule has 2 heterocycles. The number of hydrogen-bond donors (Lipinski definition) is 0. The summed E-state index contributed by atoms with van der Waals surface area (Å²) in [6, 6.07) is 9.55. The highest BCUT2D eigenvalue weighted by Crippen LogP contribution is 2.28. The first-order valence-corrected chi connectivity index (χ1v) is 10.6. The lowest BCUT2D eigenvalue weighted by molar-refractivity contribution is 0.704. The molecule has 0 saturated carbocycles. The van der Waals surface area contributed by atoms with Gasteiger partial charge in [0.25, 0.3) is 5.56 Å². The number of hydrogen-bond acceptors (Lipinski definition) is 5. The van der Waals surface area contributed by atoms with Crippen molar-refractivity contribution in [1.29, 1.82) is 5.26 Å². The molecule has 0 amide bonds. The first-order valence-electron chi connectivity index (χ1n) is 8.93. The highest BCUT2D eigenvalue weighted by molar-refractivity contribution is 9.10. The number of nitriles is 1. The van der Waals surface area contributed by atoms with Crippen LogP contribution in [0, 0.1) is 11.3 Å². The third kappa shape index (κ3) is 4.40. The van der Waals surface area contributed by atoms with Gasteiger partial charge in [-0.2, -0.15) is 5.26 Å². The Bertz CT molecular complexity index is 1020. The standard InChI is InChI=1S/C18H17BrN4OS.C2H6/c1-3-8-22(2)18-21-15-14(19)11-25-16(15)17(24)23(18)10-13-7-5-4-6-12(13)9-20;1-2/h4-7,11H,3,8,10H2,1-2H3;1-2H3. The first kappa shape index (κ1) is 21.1. The Morgan fingerprint density at radius 3 is 2.70 bits per heavy atom. The van der Waals surface area contributed by atoms with E-state index >= 15 is 0 Å². The van der Waals surface area contributed by atoms with Gasteiger partial charge in [0.05, 0.1) is 22.7 Å². The van der Waals surface area contributed by atoms with Crippen molar-refractivity contribution in [3.8, 4) is 6.07 Å². The topological polar surface area (TPSA) is 61.9 Å². The molecule has 0 radical (unpaired) electrons.